The number of amides is 1. The van der Waals surface area contributed by atoms with E-state index in [0.29, 0.717) is 18.7 Å². The van der Waals surface area contributed by atoms with E-state index in [0.717, 1.165) is 5.56 Å². The molecule has 1 amide bonds. The van der Waals surface area contributed by atoms with Gasteiger partial charge in [0.05, 0.1) is 0 Å². The van der Waals surface area contributed by atoms with Crippen molar-refractivity contribution in [2.24, 2.45) is 0 Å². The summed E-state index contributed by atoms with van der Waals surface area (Å²) in [6.07, 6.45) is -0.120. The number of carbonyl (C=O) groups is 1. The fraction of sp³-hybridized carbons (Fsp3) is 0.222. The zero-order valence-corrected chi connectivity index (χ0v) is 12.8. The second-order valence-corrected chi connectivity index (χ2v) is 4.82. The molecule has 1 N–H and O–H groups in total. The molecule has 0 unspecified atom stereocenters. The monoisotopic (exact) mass is 312 g/mol. The number of nitrogens with zero attached hydrogens (tertiary/aromatic N) is 1. The molecule has 0 aliphatic heterocycles. The number of halogens is 1. The third-order valence-electron chi connectivity index (χ3n) is 2.92. The topological polar surface area (TPSA) is 51.2 Å². The number of rotatable bonds is 4. The number of aromatic nitrogens is 1. The molecule has 1 aromatic carbocycles. The minimum absolute atomic E-state index is 0.122. The number of nitrogens with one attached hydrogen (secondary N) is 1. The van der Waals surface area contributed by atoms with Crippen LogP contribution in [0.3, 0.4) is 0 Å². The maximum atomic E-state index is 13.4. The van der Waals surface area contributed by atoms with Crippen LogP contribution in [-0.2, 0) is 11.3 Å². The molecule has 0 saturated heterocycles. The summed E-state index contributed by atoms with van der Waals surface area (Å²) >= 11 is 0. The Balaban J connectivity index is 1.70. The largest absolute Gasteiger partial charge is 0.445 e. The van der Waals surface area contributed by atoms with Gasteiger partial charge in [0, 0.05) is 18.7 Å². The van der Waals surface area contributed by atoms with Gasteiger partial charge in [-0.25, -0.2) is 14.2 Å². The molecule has 5 heteroatoms. The maximum Gasteiger partial charge on any atom is 0.407 e. The summed E-state index contributed by atoms with van der Waals surface area (Å²) in [6.45, 7) is 2.32. The predicted octanol–water partition coefficient (Wildman–Crippen LogP) is 3.20. The van der Waals surface area contributed by atoms with Crippen molar-refractivity contribution in [1.82, 2.24) is 10.3 Å². The minimum atomic E-state index is -0.504. The van der Waals surface area contributed by atoms with Crippen LogP contribution in [-0.4, -0.2) is 17.6 Å². The first kappa shape index (κ1) is 16.5. The van der Waals surface area contributed by atoms with Crippen LogP contribution in [0.25, 0.3) is 0 Å². The fourth-order valence-electron chi connectivity index (χ4n) is 1.77. The van der Waals surface area contributed by atoms with Crippen LogP contribution >= 0.6 is 0 Å². The van der Waals surface area contributed by atoms with Crippen LogP contribution in [0.4, 0.5) is 9.18 Å². The highest BCUT2D eigenvalue weighted by atomic mass is 19.1. The van der Waals surface area contributed by atoms with Crippen molar-refractivity contribution in [3.8, 4) is 11.8 Å². The molecular formula is C18H17FN2O2. The molecule has 0 saturated carbocycles. The number of hydrogen-bond acceptors (Lipinski definition) is 3. The Morgan fingerprint density at radius 3 is 2.83 bits per heavy atom. The molecule has 0 atom stereocenters. The number of hydrogen-bond donors (Lipinski definition) is 1. The average molecular weight is 312 g/mol. The summed E-state index contributed by atoms with van der Waals surface area (Å²) < 4.78 is 18.5. The van der Waals surface area contributed by atoms with Crippen molar-refractivity contribution in [2.45, 2.75) is 20.0 Å². The molecule has 1 aromatic heterocycles. The van der Waals surface area contributed by atoms with Crippen molar-refractivity contribution in [2.75, 3.05) is 6.54 Å². The van der Waals surface area contributed by atoms with Crippen molar-refractivity contribution >= 4 is 6.09 Å². The van der Waals surface area contributed by atoms with Gasteiger partial charge < -0.3 is 10.1 Å². The molecule has 4 nitrogen and oxygen atoms in total. The highest BCUT2D eigenvalue weighted by molar-refractivity contribution is 5.67. The first-order valence-electron chi connectivity index (χ1n) is 7.22. The minimum Gasteiger partial charge on any atom is -0.445 e. The summed E-state index contributed by atoms with van der Waals surface area (Å²) in [5.41, 5.74) is 1.75. The van der Waals surface area contributed by atoms with E-state index in [4.69, 9.17) is 4.74 Å². The Morgan fingerprint density at radius 2 is 2.04 bits per heavy atom. The summed E-state index contributed by atoms with van der Waals surface area (Å²) in [4.78, 5) is 15.5. The summed E-state index contributed by atoms with van der Waals surface area (Å²) in [6, 6.07) is 12.3. The lowest BCUT2D eigenvalue weighted by Crippen LogP contribution is -2.24. The third kappa shape index (κ3) is 5.79. The molecule has 0 spiro atoms. The van der Waals surface area contributed by atoms with E-state index < -0.39 is 11.9 Å². The molecule has 23 heavy (non-hydrogen) atoms. The summed E-state index contributed by atoms with van der Waals surface area (Å²) in [5, 5.41) is 2.59. The molecule has 2 rings (SSSR count). The number of aryl methyl sites for hydroxylation is 1. The van der Waals surface area contributed by atoms with E-state index in [9.17, 15) is 9.18 Å². The Labute approximate surface area is 134 Å². The zero-order chi connectivity index (χ0) is 16.5. The Morgan fingerprint density at radius 1 is 1.26 bits per heavy atom. The van der Waals surface area contributed by atoms with E-state index in [2.05, 4.69) is 22.1 Å². The van der Waals surface area contributed by atoms with Gasteiger partial charge in [-0.05, 0) is 30.5 Å². The lowest BCUT2D eigenvalue weighted by Gasteiger charge is -2.05. The number of pyridine rings is 1. The molecule has 1 heterocycles. The zero-order valence-electron chi connectivity index (χ0n) is 12.8. The molecular weight excluding hydrogens is 295 g/mol. The molecule has 2 aromatic rings. The molecule has 0 aliphatic rings. The van der Waals surface area contributed by atoms with Crippen LogP contribution in [0.2, 0.25) is 0 Å². The van der Waals surface area contributed by atoms with E-state index in [1.807, 2.05) is 30.3 Å². The Hall–Kier alpha value is -2.87. The quantitative estimate of drug-likeness (QED) is 0.697. The van der Waals surface area contributed by atoms with Gasteiger partial charge in [-0.3, -0.25) is 0 Å². The smallest absolute Gasteiger partial charge is 0.407 e. The van der Waals surface area contributed by atoms with Crippen LogP contribution < -0.4 is 5.32 Å². The van der Waals surface area contributed by atoms with Gasteiger partial charge in [0.1, 0.15) is 12.3 Å². The van der Waals surface area contributed by atoms with E-state index >= 15 is 0 Å². The molecule has 0 radical (unpaired) electrons. The van der Waals surface area contributed by atoms with Crippen LogP contribution in [0.15, 0.2) is 42.5 Å². The highest BCUT2D eigenvalue weighted by Crippen LogP contribution is 2.03. The van der Waals surface area contributed by atoms with Gasteiger partial charge in [-0.15, -0.1) is 0 Å². The van der Waals surface area contributed by atoms with Crippen molar-refractivity contribution < 1.29 is 13.9 Å². The van der Waals surface area contributed by atoms with E-state index in [1.54, 1.807) is 13.0 Å². The Bertz CT molecular complexity index is 721. The average Bonchev–Trinajstić information content (AvgIpc) is 2.56. The van der Waals surface area contributed by atoms with Crippen LogP contribution in [0, 0.1) is 24.6 Å². The number of benzene rings is 1. The molecule has 118 valence electrons. The Kier molecular flexibility index (Phi) is 6.13. The van der Waals surface area contributed by atoms with Gasteiger partial charge in [-0.1, -0.05) is 36.3 Å². The van der Waals surface area contributed by atoms with Gasteiger partial charge >= 0.3 is 6.09 Å². The maximum absolute atomic E-state index is 13.4. The van der Waals surface area contributed by atoms with E-state index in [-0.39, 0.29) is 12.3 Å². The first-order valence-corrected chi connectivity index (χ1v) is 7.22. The van der Waals surface area contributed by atoms with Gasteiger partial charge in [0.25, 0.3) is 0 Å². The van der Waals surface area contributed by atoms with Crippen LogP contribution in [0.1, 0.15) is 23.4 Å². The number of ether oxygens (including phenoxy) is 1. The van der Waals surface area contributed by atoms with Crippen molar-refractivity contribution in [3.63, 3.8) is 0 Å². The lowest BCUT2D eigenvalue weighted by atomic mass is 10.2. The van der Waals surface area contributed by atoms with E-state index in [1.165, 1.54) is 6.07 Å². The highest BCUT2D eigenvalue weighted by Gasteiger charge is 2.01. The second kappa shape index (κ2) is 8.54. The lowest BCUT2D eigenvalue weighted by molar-refractivity contribution is 0.140. The van der Waals surface area contributed by atoms with Crippen LogP contribution in [0.5, 0.6) is 0 Å². The van der Waals surface area contributed by atoms with Gasteiger partial charge in [-0.2, -0.15) is 0 Å². The fourth-order valence-corrected chi connectivity index (χ4v) is 1.77. The standard InChI is InChI=1S/C18H17FN2O2/c1-14-10-11-16(19)17(21-14)9-5-6-12-20-18(22)23-13-15-7-3-2-4-8-15/h2-4,7-8,10-11H,6,12-13H2,1H3,(H,20,22). The summed E-state index contributed by atoms with van der Waals surface area (Å²) in [5.74, 6) is 4.99. The molecule has 0 bridgehead atoms. The van der Waals surface area contributed by atoms with Gasteiger partial charge in [0.15, 0.2) is 5.82 Å². The number of alkyl carbamates (subject to hydrolysis) is 1. The third-order valence-corrected chi connectivity index (χ3v) is 2.92. The first-order chi connectivity index (χ1) is 11.1. The molecule has 0 aliphatic carbocycles. The number of carbonyl (C=O) groups excluding carboxylic acids is 1. The predicted molar refractivity (Wildman–Crippen MR) is 85.1 cm³/mol. The second-order valence-electron chi connectivity index (χ2n) is 4.82. The van der Waals surface area contributed by atoms with Gasteiger partial charge in [0.2, 0.25) is 0 Å². The molecule has 0 fully saturated rings. The van der Waals surface area contributed by atoms with Crippen molar-refractivity contribution in [1.29, 1.82) is 0 Å². The normalized spacial score (nSPS) is 9.65. The van der Waals surface area contributed by atoms with Crippen molar-refractivity contribution in [3.05, 3.63) is 65.2 Å². The SMILES string of the molecule is Cc1ccc(F)c(C#CCCNC(=O)OCc2ccccc2)n1. The summed E-state index contributed by atoms with van der Waals surface area (Å²) in [7, 11) is 0.